The number of aryl methyl sites for hydroxylation is 2. The molecule has 0 saturated carbocycles. The van der Waals surface area contributed by atoms with E-state index in [2.05, 4.69) is 21.9 Å². The van der Waals surface area contributed by atoms with Crippen LogP contribution in [-0.4, -0.2) is 99.4 Å². The zero-order valence-corrected chi connectivity index (χ0v) is 23.5. The number of fused-ring (bicyclic) bond motifs is 1. The lowest BCUT2D eigenvalue weighted by atomic mass is 10.1. The molecule has 1 aliphatic rings. The fourth-order valence-electron chi connectivity index (χ4n) is 4.56. The number of H-pyrrole nitrogens is 1. The second kappa shape index (κ2) is 13.4. The summed E-state index contributed by atoms with van der Waals surface area (Å²) in [7, 11) is 1.93. The molecule has 1 atom stereocenters. The molecule has 1 aliphatic heterocycles. The van der Waals surface area contributed by atoms with Gasteiger partial charge < -0.3 is 19.2 Å². The lowest BCUT2D eigenvalue weighted by Gasteiger charge is -2.29. The molecule has 4 rings (SSSR count). The summed E-state index contributed by atoms with van der Waals surface area (Å²) in [5.41, 5.74) is 2.10. The molecule has 2 aromatic heterocycles. The summed E-state index contributed by atoms with van der Waals surface area (Å²) >= 11 is 0. The number of methoxy groups -OCH3 is 1. The van der Waals surface area contributed by atoms with Crippen LogP contribution in [0, 0.1) is 0 Å². The third-order valence-corrected chi connectivity index (χ3v) is 8.00. The number of benzene rings is 1. The molecular formula is C26H38N6O5S. The predicted molar refractivity (Wildman–Crippen MR) is 147 cm³/mol. The van der Waals surface area contributed by atoms with Crippen LogP contribution in [0.4, 0.5) is 0 Å². The van der Waals surface area contributed by atoms with Crippen LogP contribution in [0.3, 0.4) is 0 Å². The fraction of sp³-hybridized carbons (Fsp3) is 0.577. The molecule has 0 bridgehead atoms. The van der Waals surface area contributed by atoms with Gasteiger partial charge in [0.2, 0.25) is 0 Å². The molecule has 3 aromatic rings. The first-order valence-electron chi connectivity index (χ1n) is 13.2. The van der Waals surface area contributed by atoms with E-state index >= 15 is 0 Å². The highest BCUT2D eigenvalue weighted by molar-refractivity contribution is 7.82. The summed E-state index contributed by atoms with van der Waals surface area (Å²) in [6.45, 7) is 9.97. The van der Waals surface area contributed by atoms with E-state index in [1.165, 1.54) is 0 Å². The van der Waals surface area contributed by atoms with Gasteiger partial charge in [0, 0.05) is 46.9 Å². The Hall–Kier alpha value is -2.64. The second-order valence-corrected chi connectivity index (χ2v) is 10.6. The maximum atomic E-state index is 13.8. The molecule has 12 heteroatoms. The summed E-state index contributed by atoms with van der Waals surface area (Å²) < 4.78 is 33.9. The van der Waals surface area contributed by atoms with Gasteiger partial charge in [-0.2, -0.15) is 5.10 Å². The minimum atomic E-state index is -1.46. The highest BCUT2D eigenvalue weighted by Crippen LogP contribution is 2.31. The standard InChI is InChI=1S/C26H38N6O5S/c1-5-7-21-23-24(30(3)29-21)26(33)28-25(27-23)20-18-19(8-9-22(20)37-6-2)38(34)32(14-15-35-4)11-10-31-12-16-36-17-13-31/h8-9,18H,5-7,10-17H2,1-4H3,(H,27,28,33). The van der Waals surface area contributed by atoms with Crippen molar-refractivity contribution in [3.05, 3.63) is 34.2 Å². The van der Waals surface area contributed by atoms with Gasteiger partial charge in [0.1, 0.15) is 28.1 Å². The third-order valence-electron chi connectivity index (χ3n) is 6.51. The Morgan fingerprint density at radius 3 is 2.71 bits per heavy atom. The number of hydrogen-bond donors (Lipinski definition) is 1. The molecule has 208 valence electrons. The third kappa shape index (κ3) is 6.49. The van der Waals surface area contributed by atoms with Gasteiger partial charge in [-0.15, -0.1) is 0 Å². The summed E-state index contributed by atoms with van der Waals surface area (Å²) in [5, 5.41) is 4.51. The van der Waals surface area contributed by atoms with Crippen molar-refractivity contribution in [1.29, 1.82) is 0 Å². The van der Waals surface area contributed by atoms with Crippen molar-refractivity contribution in [3.63, 3.8) is 0 Å². The molecule has 1 fully saturated rings. The number of hydrogen-bond acceptors (Lipinski definition) is 8. The maximum Gasteiger partial charge on any atom is 0.277 e. The average Bonchev–Trinajstić information content (AvgIpc) is 3.25. The van der Waals surface area contributed by atoms with Crippen LogP contribution < -0.4 is 10.3 Å². The number of aromatic amines is 1. The number of aromatic nitrogens is 4. The number of rotatable bonds is 13. The van der Waals surface area contributed by atoms with E-state index in [4.69, 9.17) is 19.2 Å². The first kappa shape index (κ1) is 28.4. The molecule has 1 unspecified atom stereocenters. The second-order valence-electron chi connectivity index (χ2n) is 9.15. The Kier molecular flexibility index (Phi) is 10.0. The van der Waals surface area contributed by atoms with Gasteiger partial charge in [-0.25, -0.2) is 13.5 Å². The van der Waals surface area contributed by atoms with Crippen LogP contribution in [0.2, 0.25) is 0 Å². The Bertz CT molecular complexity index is 1300. The zero-order valence-electron chi connectivity index (χ0n) is 22.7. The number of nitrogens with zero attached hydrogens (tertiary/aromatic N) is 5. The molecule has 0 aliphatic carbocycles. The van der Waals surface area contributed by atoms with Crippen LogP contribution in [0.15, 0.2) is 27.9 Å². The molecule has 0 spiro atoms. The zero-order chi connectivity index (χ0) is 27.1. The van der Waals surface area contributed by atoms with E-state index in [1.54, 1.807) is 31.0 Å². The predicted octanol–water partition coefficient (Wildman–Crippen LogP) is 1.98. The molecule has 1 N–H and O–H groups in total. The van der Waals surface area contributed by atoms with E-state index in [1.807, 2.05) is 17.3 Å². The summed E-state index contributed by atoms with van der Waals surface area (Å²) in [4.78, 5) is 23.7. The Balaban J connectivity index is 1.69. The quantitative estimate of drug-likeness (QED) is 0.346. The smallest absolute Gasteiger partial charge is 0.277 e. The Morgan fingerprint density at radius 1 is 1.21 bits per heavy atom. The van der Waals surface area contributed by atoms with Crippen LogP contribution in [-0.2, 0) is 33.9 Å². The van der Waals surface area contributed by atoms with E-state index in [0.717, 1.165) is 45.0 Å². The minimum Gasteiger partial charge on any atom is -0.493 e. The minimum absolute atomic E-state index is 0.274. The van der Waals surface area contributed by atoms with Crippen molar-refractivity contribution in [2.24, 2.45) is 7.05 Å². The maximum absolute atomic E-state index is 13.8. The highest BCUT2D eigenvalue weighted by Gasteiger charge is 2.22. The lowest BCUT2D eigenvalue weighted by molar-refractivity contribution is 0.0359. The van der Waals surface area contributed by atoms with Crippen LogP contribution in [0.1, 0.15) is 26.0 Å². The van der Waals surface area contributed by atoms with E-state index < -0.39 is 11.0 Å². The highest BCUT2D eigenvalue weighted by atomic mass is 32.2. The first-order valence-corrected chi connectivity index (χ1v) is 14.3. The number of morpholine rings is 1. The van der Waals surface area contributed by atoms with Gasteiger partial charge in [0.05, 0.1) is 42.6 Å². The van der Waals surface area contributed by atoms with Crippen molar-refractivity contribution in [2.75, 3.05) is 66.3 Å². The molecule has 11 nitrogen and oxygen atoms in total. The van der Waals surface area contributed by atoms with Gasteiger partial charge in [-0.05, 0) is 31.5 Å². The van der Waals surface area contributed by atoms with Gasteiger partial charge in [-0.3, -0.25) is 14.4 Å². The van der Waals surface area contributed by atoms with Crippen molar-refractivity contribution >= 4 is 22.0 Å². The van der Waals surface area contributed by atoms with Gasteiger partial charge >= 0.3 is 0 Å². The van der Waals surface area contributed by atoms with E-state index in [9.17, 15) is 9.00 Å². The van der Waals surface area contributed by atoms with Gasteiger partial charge in [-0.1, -0.05) is 13.3 Å². The van der Waals surface area contributed by atoms with Crippen molar-refractivity contribution < 1.29 is 18.4 Å². The fourth-order valence-corrected chi connectivity index (χ4v) is 5.75. The van der Waals surface area contributed by atoms with Gasteiger partial charge in [0.15, 0.2) is 5.52 Å². The molecule has 0 amide bonds. The molecule has 0 radical (unpaired) electrons. The molecule has 1 aromatic carbocycles. The molecule has 3 heterocycles. The molecular weight excluding hydrogens is 508 g/mol. The van der Waals surface area contributed by atoms with Crippen LogP contribution >= 0.6 is 0 Å². The van der Waals surface area contributed by atoms with Crippen molar-refractivity contribution in [3.8, 4) is 17.1 Å². The largest absolute Gasteiger partial charge is 0.493 e. The molecule has 1 saturated heterocycles. The van der Waals surface area contributed by atoms with Gasteiger partial charge in [0.25, 0.3) is 5.56 Å². The Morgan fingerprint density at radius 2 is 2.00 bits per heavy atom. The van der Waals surface area contributed by atoms with Crippen LogP contribution in [0.25, 0.3) is 22.4 Å². The normalized spacial score (nSPS) is 15.4. The number of ether oxygens (including phenoxy) is 3. The topological polar surface area (TPSA) is 115 Å². The Labute approximate surface area is 225 Å². The SMILES string of the molecule is CCCc1nn(C)c2c(=O)[nH]c(-c3cc(S(=O)N(CCOC)CCN4CCOCC4)ccc3OCC)nc12. The van der Waals surface area contributed by atoms with Crippen molar-refractivity contribution in [1.82, 2.24) is 29.0 Å². The van der Waals surface area contributed by atoms with E-state index in [-0.39, 0.29) is 5.56 Å². The summed E-state index contributed by atoms with van der Waals surface area (Å²) in [5.74, 6) is 0.931. The first-order chi connectivity index (χ1) is 18.5. The molecule has 38 heavy (non-hydrogen) atoms. The summed E-state index contributed by atoms with van der Waals surface area (Å²) in [6.07, 6.45) is 1.60. The van der Waals surface area contributed by atoms with Crippen molar-refractivity contribution in [2.45, 2.75) is 31.6 Å². The van der Waals surface area contributed by atoms with E-state index in [0.29, 0.717) is 65.8 Å². The lowest BCUT2D eigenvalue weighted by Crippen LogP contribution is -2.42. The number of nitrogens with one attached hydrogen (secondary N) is 1. The summed E-state index contributed by atoms with van der Waals surface area (Å²) in [6, 6.07) is 5.40. The monoisotopic (exact) mass is 546 g/mol. The average molecular weight is 547 g/mol. The van der Waals surface area contributed by atoms with Crippen LogP contribution in [0.5, 0.6) is 5.75 Å².